The standard InChI is InChI=1S/C21H15NO3S2/c1-13(23)15-6-4-7-17(11-15)22-20(24)19(27-21(22)26)10-14-9-16-5-2-3-8-18(16)25-12-14/h2-11H,12H2,1H3/b19-10-. The number of carbonyl (C=O) groups excluding carboxylic acids is 2. The van der Waals surface area contributed by atoms with Crippen LogP contribution in [0.4, 0.5) is 5.69 Å². The minimum atomic E-state index is -0.189. The van der Waals surface area contributed by atoms with Crippen LogP contribution in [-0.2, 0) is 4.79 Å². The van der Waals surface area contributed by atoms with Gasteiger partial charge in [0.05, 0.1) is 10.6 Å². The third kappa shape index (κ3) is 3.46. The highest BCUT2D eigenvalue weighted by molar-refractivity contribution is 8.27. The summed E-state index contributed by atoms with van der Waals surface area (Å²) >= 11 is 6.66. The molecule has 4 nitrogen and oxygen atoms in total. The maximum absolute atomic E-state index is 12.9. The molecule has 27 heavy (non-hydrogen) atoms. The van der Waals surface area contributed by atoms with Crippen LogP contribution in [0.1, 0.15) is 22.8 Å². The minimum Gasteiger partial charge on any atom is -0.488 e. The predicted octanol–water partition coefficient (Wildman–Crippen LogP) is 4.61. The van der Waals surface area contributed by atoms with Gasteiger partial charge in [-0.25, -0.2) is 0 Å². The molecule has 0 atom stereocenters. The lowest BCUT2D eigenvalue weighted by Gasteiger charge is -2.16. The number of thioether (sulfide) groups is 1. The first-order valence-corrected chi connectivity index (χ1v) is 9.57. The number of nitrogens with zero attached hydrogens (tertiary/aromatic N) is 1. The zero-order valence-electron chi connectivity index (χ0n) is 14.5. The van der Waals surface area contributed by atoms with Gasteiger partial charge in [0.25, 0.3) is 5.91 Å². The molecule has 0 spiro atoms. The number of carbonyl (C=O) groups is 2. The third-order valence-electron chi connectivity index (χ3n) is 4.28. The van der Waals surface area contributed by atoms with Gasteiger partial charge in [-0.05, 0) is 42.8 Å². The number of para-hydroxylation sites is 1. The Hall–Kier alpha value is -2.70. The third-order valence-corrected chi connectivity index (χ3v) is 5.58. The summed E-state index contributed by atoms with van der Waals surface area (Å²) in [6, 6.07) is 14.7. The van der Waals surface area contributed by atoms with Crippen molar-refractivity contribution in [3.8, 4) is 5.75 Å². The fourth-order valence-electron chi connectivity index (χ4n) is 2.94. The number of benzene rings is 2. The molecule has 134 valence electrons. The number of Topliss-reactive ketones (excluding diaryl/α,β-unsaturated/α-hetero) is 1. The van der Waals surface area contributed by atoms with E-state index in [2.05, 4.69) is 0 Å². The van der Waals surface area contributed by atoms with Crippen LogP contribution in [0, 0.1) is 0 Å². The summed E-state index contributed by atoms with van der Waals surface area (Å²) in [5.74, 6) is 0.592. The lowest BCUT2D eigenvalue weighted by atomic mass is 10.1. The van der Waals surface area contributed by atoms with E-state index >= 15 is 0 Å². The second kappa shape index (κ2) is 7.13. The summed E-state index contributed by atoms with van der Waals surface area (Å²) in [4.78, 5) is 26.6. The number of rotatable bonds is 3. The van der Waals surface area contributed by atoms with E-state index in [1.54, 1.807) is 24.3 Å². The molecular formula is C21H15NO3S2. The summed E-state index contributed by atoms with van der Waals surface area (Å²) in [5.41, 5.74) is 3.05. The van der Waals surface area contributed by atoms with E-state index in [4.69, 9.17) is 17.0 Å². The maximum atomic E-state index is 12.9. The van der Waals surface area contributed by atoms with Crippen LogP contribution in [0.5, 0.6) is 5.75 Å². The number of amides is 1. The fourth-order valence-corrected chi connectivity index (χ4v) is 4.25. The van der Waals surface area contributed by atoms with Crippen molar-refractivity contribution in [3.05, 3.63) is 76.2 Å². The van der Waals surface area contributed by atoms with Crippen molar-refractivity contribution in [2.24, 2.45) is 0 Å². The van der Waals surface area contributed by atoms with Gasteiger partial charge in [0.1, 0.15) is 12.4 Å². The second-order valence-corrected chi connectivity index (χ2v) is 7.85. The highest BCUT2D eigenvalue weighted by Gasteiger charge is 2.33. The Morgan fingerprint density at radius 1 is 1.22 bits per heavy atom. The number of thiocarbonyl (C=S) groups is 1. The zero-order chi connectivity index (χ0) is 19.0. The van der Waals surface area contributed by atoms with E-state index < -0.39 is 0 Å². The Morgan fingerprint density at radius 3 is 2.85 bits per heavy atom. The molecule has 1 saturated heterocycles. The number of hydrogen-bond donors (Lipinski definition) is 0. The van der Waals surface area contributed by atoms with Gasteiger partial charge in [-0.1, -0.05) is 54.3 Å². The molecule has 1 fully saturated rings. The Kier molecular flexibility index (Phi) is 4.68. The van der Waals surface area contributed by atoms with Gasteiger partial charge in [0, 0.05) is 11.1 Å². The van der Waals surface area contributed by atoms with Crippen LogP contribution >= 0.6 is 24.0 Å². The van der Waals surface area contributed by atoms with Crippen LogP contribution < -0.4 is 9.64 Å². The van der Waals surface area contributed by atoms with E-state index in [9.17, 15) is 9.59 Å². The molecule has 4 rings (SSSR count). The van der Waals surface area contributed by atoms with Crippen molar-refractivity contribution in [2.45, 2.75) is 6.92 Å². The van der Waals surface area contributed by atoms with Gasteiger partial charge >= 0.3 is 0 Å². The number of hydrogen-bond acceptors (Lipinski definition) is 5. The largest absolute Gasteiger partial charge is 0.488 e. The van der Waals surface area contributed by atoms with Crippen molar-refractivity contribution in [1.82, 2.24) is 0 Å². The van der Waals surface area contributed by atoms with Gasteiger partial charge in [-0.3, -0.25) is 14.5 Å². The van der Waals surface area contributed by atoms with Crippen molar-refractivity contribution in [1.29, 1.82) is 0 Å². The monoisotopic (exact) mass is 393 g/mol. The average molecular weight is 393 g/mol. The Bertz CT molecular complexity index is 1040. The number of anilines is 1. The highest BCUT2D eigenvalue weighted by Crippen LogP contribution is 2.37. The topological polar surface area (TPSA) is 46.6 Å². The van der Waals surface area contributed by atoms with Crippen molar-refractivity contribution >= 4 is 51.8 Å². The summed E-state index contributed by atoms with van der Waals surface area (Å²) in [6.45, 7) is 1.90. The Morgan fingerprint density at radius 2 is 2.04 bits per heavy atom. The summed E-state index contributed by atoms with van der Waals surface area (Å²) in [5, 5.41) is 0. The van der Waals surface area contributed by atoms with Gasteiger partial charge < -0.3 is 4.74 Å². The van der Waals surface area contributed by atoms with Crippen molar-refractivity contribution in [2.75, 3.05) is 11.5 Å². The number of ether oxygens (including phenoxy) is 1. The Balaban J connectivity index is 1.64. The maximum Gasteiger partial charge on any atom is 0.270 e. The molecule has 0 aromatic heterocycles. The van der Waals surface area contributed by atoms with Crippen molar-refractivity contribution in [3.63, 3.8) is 0 Å². The van der Waals surface area contributed by atoms with Gasteiger partial charge in [0.2, 0.25) is 0 Å². The van der Waals surface area contributed by atoms with Crippen LogP contribution in [-0.4, -0.2) is 22.6 Å². The van der Waals surface area contributed by atoms with Crippen LogP contribution in [0.25, 0.3) is 6.08 Å². The molecular weight excluding hydrogens is 378 g/mol. The molecule has 2 aliphatic rings. The molecule has 6 heteroatoms. The summed E-state index contributed by atoms with van der Waals surface area (Å²) in [6.07, 6.45) is 3.84. The second-order valence-electron chi connectivity index (χ2n) is 6.17. The predicted molar refractivity (Wildman–Crippen MR) is 112 cm³/mol. The van der Waals surface area contributed by atoms with Crippen molar-refractivity contribution < 1.29 is 14.3 Å². The molecule has 0 bridgehead atoms. The molecule has 2 aromatic carbocycles. The first-order valence-electron chi connectivity index (χ1n) is 8.34. The van der Waals surface area contributed by atoms with Crippen LogP contribution in [0.15, 0.2) is 65.1 Å². The molecule has 0 unspecified atom stereocenters. The fraction of sp³-hybridized carbons (Fsp3) is 0.0952. The zero-order valence-corrected chi connectivity index (χ0v) is 16.1. The molecule has 0 N–H and O–H groups in total. The number of ketones is 1. The van der Waals surface area contributed by atoms with E-state index in [-0.39, 0.29) is 11.7 Å². The highest BCUT2D eigenvalue weighted by atomic mass is 32.2. The lowest BCUT2D eigenvalue weighted by Crippen LogP contribution is -2.27. The molecule has 2 heterocycles. The minimum absolute atomic E-state index is 0.0546. The van der Waals surface area contributed by atoms with E-state index in [1.807, 2.05) is 36.4 Å². The summed E-state index contributed by atoms with van der Waals surface area (Å²) in [7, 11) is 0. The molecule has 0 saturated carbocycles. The van der Waals surface area contributed by atoms with Gasteiger partial charge in [-0.15, -0.1) is 0 Å². The van der Waals surface area contributed by atoms with Crippen LogP contribution in [0.2, 0.25) is 0 Å². The SMILES string of the molecule is CC(=O)c1cccc(N2C(=O)/C(=C/C3=Cc4ccccc4OC3)SC2=S)c1. The first-order chi connectivity index (χ1) is 13.0. The van der Waals surface area contributed by atoms with E-state index in [1.165, 1.54) is 23.6 Å². The summed E-state index contributed by atoms with van der Waals surface area (Å²) < 4.78 is 6.19. The molecule has 2 aromatic rings. The lowest BCUT2D eigenvalue weighted by molar-refractivity contribution is -0.113. The average Bonchev–Trinajstić information content (AvgIpc) is 2.95. The normalized spacial score (nSPS) is 17.6. The van der Waals surface area contributed by atoms with E-state index in [0.717, 1.165) is 16.9 Å². The van der Waals surface area contributed by atoms with Gasteiger partial charge in [-0.2, -0.15) is 0 Å². The Labute approximate surface area is 166 Å². The molecule has 0 radical (unpaired) electrons. The van der Waals surface area contributed by atoms with E-state index in [0.29, 0.717) is 27.1 Å². The number of fused-ring (bicyclic) bond motifs is 1. The first kappa shape index (κ1) is 17.7. The molecule has 0 aliphatic carbocycles. The van der Waals surface area contributed by atoms with Crippen LogP contribution in [0.3, 0.4) is 0 Å². The smallest absolute Gasteiger partial charge is 0.270 e. The van der Waals surface area contributed by atoms with Gasteiger partial charge in [0.15, 0.2) is 10.1 Å². The quantitative estimate of drug-likeness (QED) is 0.433. The molecule has 1 amide bonds. The molecule has 2 aliphatic heterocycles.